The van der Waals surface area contributed by atoms with Crippen LogP contribution in [0.2, 0.25) is 0 Å². The molecule has 1 aromatic heterocycles. The molecule has 0 N–H and O–H groups in total. The molecule has 6 aromatic rings. The summed E-state index contributed by atoms with van der Waals surface area (Å²) in [5.41, 5.74) is 6.49. The van der Waals surface area contributed by atoms with Gasteiger partial charge in [0.05, 0.1) is 22.4 Å². The van der Waals surface area contributed by atoms with Gasteiger partial charge in [0, 0.05) is 16.7 Å². The highest BCUT2D eigenvalue weighted by molar-refractivity contribution is 6.66. The van der Waals surface area contributed by atoms with Gasteiger partial charge < -0.3 is 18.6 Å². The molecule has 2 aliphatic rings. The fourth-order valence-electron chi connectivity index (χ4n) is 6.73. The summed E-state index contributed by atoms with van der Waals surface area (Å²) >= 11 is 0. The molecule has 8 rings (SSSR count). The number of aromatic nitrogens is 3. The molecule has 5 aromatic carbocycles. The van der Waals surface area contributed by atoms with Crippen molar-refractivity contribution < 1.29 is 18.6 Å². The Morgan fingerprint density at radius 1 is 0.333 bits per heavy atom. The molecule has 0 bridgehead atoms. The van der Waals surface area contributed by atoms with Gasteiger partial charge in [0.2, 0.25) is 0 Å². The van der Waals surface area contributed by atoms with Crippen LogP contribution in [0.1, 0.15) is 55.4 Å². The quantitative estimate of drug-likeness (QED) is 0.153. The van der Waals surface area contributed by atoms with E-state index in [0.29, 0.717) is 17.5 Å². The van der Waals surface area contributed by atoms with E-state index in [0.717, 1.165) is 49.9 Å². The first-order chi connectivity index (χ1) is 25.7. The van der Waals surface area contributed by atoms with E-state index < -0.39 is 36.6 Å². The first kappa shape index (κ1) is 36.1. The van der Waals surface area contributed by atoms with Gasteiger partial charge in [-0.1, -0.05) is 109 Å². The first-order valence-electron chi connectivity index (χ1n) is 18.6. The Labute approximate surface area is 319 Å². The second kappa shape index (κ2) is 13.4. The lowest BCUT2D eigenvalue weighted by atomic mass is 9.70. The molecule has 0 unspecified atom stereocenters. The van der Waals surface area contributed by atoms with E-state index in [4.69, 9.17) is 33.6 Å². The van der Waals surface area contributed by atoms with Crippen molar-refractivity contribution in [2.24, 2.45) is 0 Å². The third-order valence-electron chi connectivity index (χ3n) is 11.4. The molecule has 0 radical (unpaired) electrons. The van der Waals surface area contributed by atoms with Crippen molar-refractivity contribution in [1.82, 2.24) is 15.0 Å². The van der Waals surface area contributed by atoms with E-state index in [-0.39, 0.29) is 0 Å². The van der Waals surface area contributed by atoms with Gasteiger partial charge in [-0.3, -0.25) is 0 Å². The number of benzene rings is 5. The van der Waals surface area contributed by atoms with E-state index in [9.17, 15) is 0 Å². The van der Waals surface area contributed by atoms with Crippen molar-refractivity contribution >= 4 is 25.2 Å². The largest absolute Gasteiger partial charge is 0.494 e. The van der Waals surface area contributed by atoms with Gasteiger partial charge in [0.15, 0.2) is 17.5 Å². The van der Waals surface area contributed by atoms with E-state index in [1.165, 1.54) is 0 Å². The minimum atomic E-state index is -0.585. The van der Waals surface area contributed by atoms with Crippen LogP contribution in [-0.4, -0.2) is 51.6 Å². The summed E-state index contributed by atoms with van der Waals surface area (Å²) in [6.45, 7) is 16.6. The first-order valence-corrected chi connectivity index (χ1v) is 18.6. The molecule has 2 aliphatic heterocycles. The summed E-state index contributed by atoms with van der Waals surface area (Å²) in [6.07, 6.45) is 0. The smallest absolute Gasteiger partial charge is 0.399 e. The molecule has 2 saturated heterocycles. The lowest BCUT2D eigenvalue weighted by molar-refractivity contribution is 0.00578. The predicted molar refractivity (Wildman–Crippen MR) is 218 cm³/mol. The lowest BCUT2D eigenvalue weighted by Crippen LogP contribution is -2.41. The predicted octanol–water partition coefficient (Wildman–Crippen LogP) is 8.81. The van der Waals surface area contributed by atoms with Crippen LogP contribution >= 0.6 is 0 Å². The minimum absolute atomic E-state index is 0.510. The number of hydrogen-bond donors (Lipinski definition) is 0. The Morgan fingerprint density at radius 2 is 0.630 bits per heavy atom. The highest BCUT2D eigenvalue weighted by atomic mass is 16.7. The van der Waals surface area contributed by atoms with E-state index in [2.05, 4.69) is 116 Å². The second-order valence-electron chi connectivity index (χ2n) is 16.3. The molecule has 7 nitrogen and oxygen atoms in total. The van der Waals surface area contributed by atoms with Crippen molar-refractivity contribution in [1.29, 1.82) is 0 Å². The van der Waals surface area contributed by atoms with Crippen molar-refractivity contribution in [2.75, 3.05) is 0 Å². The average Bonchev–Trinajstić information content (AvgIpc) is 3.54. The molecule has 0 atom stereocenters. The highest BCUT2D eigenvalue weighted by Crippen LogP contribution is 2.39. The molecule has 3 heterocycles. The van der Waals surface area contributed by atoms with E-state index >= 15 is 0 Å². The molecule has 0 saturated carbocycles. The zero-order valence-electron chi connectivity index (χ0n) is 32.3. The molecule has 270 valence electrons. The van der Waals surface area contributed by atoms with Crippen LogP contribution in [0.25, 0.3) is 56.4 Å². The zero-order valence-corrected chi connectivity index (χ0v) is 32.3. The fourth-order valence-corrected chi connectivity index (χ4v) is 6.73. The Bertz CT molecular complexity index is 2170. The maximum absolute atomic E-state index is 6.61. The fraction of sp³-hybridized carbons (Fsp3) is 0.267. The summed E-state index contributed by atoms with van der Waals surface area (Å²) in [7, 11) is -1.17. The maximum Gasteiger partial charge on any atom is 0.494 e. The Balaban J connectivity index is 1.33. The summed E-state index contributed by atoms with van der Waals surface area (Å²) in [5, 5.41) is 0. The van der Waals surface area contributed by atoms with Crippen LogP contribution in [0.5, 0.6) is 0 Å². The van der Waals surface area contributed by atoms with Gasteiger partial charge in [-0.2, -0.15) is 0 Å². The molecule has 2 fully saturated rings. The van der Waals surface area contributed by atoms with Crippen LogP contribution in [0, 0.1) is 0 Å². The second-order valence-corrected chi connectivity index (χ2v) is 16.3. The van der Waals surface area contributed by atoms with Gasteiger partial charge in [0.1, 0.15) is 0 Å². The molecular weight excluding hydrogens is 668 g/mol. The van der Waals surface area contributed by atoms with Crippen LogP contribution < -0.4 is 10.9 Å². The standard InChI is InChI=1S/C45H45B2N3O4/c1-42(2)43(3,4)52-46(51-42)37-27-35(28-38(29-37)47-53-44(5,6)45(7,8)54-47)34-24-33(30-18-12-9-13-19-30)25-36(26-34)41-49-39(31-20-14-10-15-21-31)48-40(50-41)32-22-16-11-17-23-32/h9-29H,1-8H3. The monoisotopic (exact) mass is 713 g/mol. The van der Waals surface area contributed by atoms with Gasteiger partial charge >= 0.3 is 14.2 Å². The Kier molecular flexibility index (Phi) is 8.97. The minimum Gasteiger partial charge on any atom is -0.399 e. The Hall–Kier alpha value is -4.92. The molecule has 0 amide bonds. The molecule has 9 heteroatoms. The third-order valence-corrected chi connectivity index (χ3v) is 11.4. The van der Waals surface area contributed by atoms with Gasteiger partial charge in [-0.15, -0.1) is 0 Å². The normalized spacial score (nSPS) is 18.2. The lowest BCUT2D eigenvalue weighted by Gasteiger charge is -2.32. The van der Waals surface area contributed by atoms with E-state index in [1.54, 1.807) is 0 Å². The topological polar surface area (TPSA) is 75.6 Å². The molecular formula is C45H45B2N3O4. The van der Waals surface area contributed by atoms with Gasteiger partial charge in [0.25, 0.3) is 0 Å². The number of hydrogen-bond acceptors (Lipinski definition) is 7. The van der Waals surface area contributed by atoms with Crippen LogP contribution in [0.4, 0.5) is 0 Å². The number of rotatable bonds is 7. The average molecular weight is 713 g/mol. The highest BCUT2D eigenvalue weighted by Gasteiger charge is 2.54. The Morgan fingerprint density at radius 3 is 1.02 bits per heavy atom. The van der Waals surface area contributed by atoms with Crippen molar-refractivity contribution in [3.8, 4) is 56.4 Å². The van der Waals surface area contributed by atoms with E-state index in [1.807, 2.05) is 66.7 Å². The SMILES string of the molecule is CC1(C)OB(c2cc(B3OC(C)(C)C(C)(C)O3)cc(-c3cc(-c4ccccc4)cc(-c4nc(-c5ccccc5)nc(-c5ccccc5)n4)c3)c2)OC1(C)C. The summed E-state index contributed by atoms with van der Waals surface area (Å²) in [5.74, 6) is 1.80. The van der Waals surface area contributed by atoms with Crippen molar-refractivity contribution in [3.63, 3.8) is 0 Å². The maximum atomic E-state index is 6.61. The summed E-state index contributed by atoms with van der Waals surface area (Å²) in [6, 6.07) is 43.4. The zero-order chi connectivity index (χ0) is 37.9. The molecule has 0 spiro atoms. The van der Waals surface area contributed by atoms with Gasteiger partial charge in [-0.05, 0) is 107 Å². The van der Waals surface area contributed by atoms with Crippen LogP contribution in [-0.2, 0) is 18.6 Å². The van der Waals surface area contributed by atoms with Crippen molar-refractivity contribution in [3.05, 3.63) is 127 Å². The summed E-state index contributed by atoms with van der Waals surface area (Å²) < 4.78 is 26.4. The molecule has 0 aliphatic carbocycles. The van der Waals surface area contributed by atoms with Gasteiger partial charge in [-0.25, -0.2) is 15.0 Å². The summed E-state index contributed by atoms with van der Waals surface area (Å²) in [4.78, 5) is 15.1. The van der Waals surface area contributed by atoms with Crippen molar-refractivity contribution in [2.45, 2.75) is 77.8 Å². The molecule has 54 heavy (non-hydrogen) atoms. The number of nitrogens with zero attached hydrogens (tertiary/aromatic N) is 3. The van der Waals surface area contributed by atoms with Crippen LogP contribution in [0.15, 0.2) is 127 Å². The van der Waals surface area contributed by atoms with Crippen LogP contribution in [0.3, 0.4) is 0 Å². The third kappa shape index (κ3) is 6.82.